The van der Waals surface area contributed by atoms with Crippen molar-refractivity contribution in [3.05, 3.63) is 48.2 Å². The maximum atomic E-state index is 13.1. The smallest absolute Gasteiger partial charge is 0.258 e. The van der Waals surface area contributed by atoms with Gasteiger partial charge in [0.25, 0.3) is 5.91 Å². The van der Waals surface area contributed by atoms with E-state index in [0.717, 1.165) is 0 Å². The average Bonchev–Trinajstić information content (AvgIpc) is 3.01. The van der Waals surface area contributed by atoms with Crippen LogP contribution in [0.15, 0.2) is 42.6 Å². The van der Waals surface area contributed by atoms with Crippen molar-refractivity contribution in [1.29, 1.82) is 0 Å². The van der Waals surface area contributed by atoms with Crippen molar-refractivity contribution in [2.45, 2.75) is 25.4 Å². The Kier molecular flexibility index (Phi) is 4.26. The first-order chi connectivity index (χ1) is 13.5. The van der Waals surface area contributed by atoms with Gasteiger partial charge in [0.2, 0.25) is 11.8 Å². The van der Waals surface area contributed by atoms with E-state index in [1.165, 1.54) is 12.0 Å². The molecule has 4 rings (SSSR count). The molecular formula is C20H20N4O4. The van der Waals surface area contributed by atoms with Gasteiger partial charge in [-0.1, -0.05) is 12.1 Å². The zero-order chi connectivity index (χ0) is 19.9. The molecule has 3 amide bonds. The Morgan fingerprint density at radius 3 is 2.82 bits per heavy atom. The van der Waals surface area contributed by atoms with E-state index >= 15 is 0 Å². The van der Waals surface area contributed by atoms with Gasteiger partial charge in [-0.25, -0.2) is 4.98 Å². The molecule has 0 radical (unpaired) electrons. The van der Waals surface area contributed by atoms with Crippen molar-refractivity contribution >= 4 is 29.2 Å². The summed E-state index contributed by atoms with van der Waals surface area (Å²) in [6.45, 7) is 1.62. The minimum atomic E-state index is -0.881. The molecule has 1 unspecified atom stereocenters. The molecule has 2 aromatic rings. The molecule has 2 aliphatic heterocycles. The van der Waals surface area contributed by atoms with Gasteiger partial charge in [-0.2, -0.15) is 0 Å². The number of amides is 3. The lowest BCUT2D eigenvalue weighted by Crippen LogP contribution is -2.63. The van der Waals surface area contributed by atoms with E-state index in [2.05, 4.69) is 10.3 Å². The number of carbonyl (C=O) groups excluding carboxylic acids is 3. The second kappa shape index (κ2) is 6.63. The molecule has 8 heteroatoms. The van der Waals surface area contributed by atoms with E-state index in [9.17, 15) is 14.4 Å². The number of rotatable bonds is 4. The quantitative estimate of drug-likeness (QED) is 0.876. The number of ether oxygens (including phenoxy) is 1. The van der Waals surface area contributed by atoms with Crippen LogP contribution in [0, 0.1) is 0 Å². The van der Waals surface area contributed by atoms with Crippen LogP contribution in [-0.2, 0) is 9.59 Å². The monoisotopic (exact) mass is 380 g/mol. The maximum absolute atomic E-state index is 13.1. The summed E-state index contributed by atoms with van der Waals surface area (Å²) in [7, 11) is 1.49. The van der Waals surface area contributed by atoms with Crippen LogP contribution in [0.4, 0.5) is 11.5 Å². The highest BCUT2D eigenvalue weighted by atomic mass is 16.5. The van der Waals surface area contributed by atoms with E-state index < -0.39 is 11.6 Å². The van der Waals surface area contributed by atoms with Gasteiger partial charge in [0.15, 0.2) is 11.6 Å². The number of hydrogen-bond acceptors (Lipinski definition) is 5. The van der Waals surface area contributed by atoms with Gasteiger partial charge in [-0.05, 0) is 37.6 Å². The van der Waals surface area contributed by atoms with Gasteiger partial charge in [-0.3, -0.25) is 19.3 Å². The first-order valence-corrected chi connectivity index (χ1v) is 8.98. The number of nitrogens with one attached hydrogen (secondary N) is 1. The molecule has 1 aromatic carbocycles. The second-order valence-electron chi connectivity index (χ2n) is 6.96. The van der Waals surface area contributed by atoms with Crippen molar-refractivity contribution in [3.8, 4) is 5.75 Å². The minimum Gasteiger partial charge on any atom is -0.493 e. The summed E-state index contributed by atoms with van der Waals surface area (Å²) in [4.78, 5) is 45.6. The summed E-state index contributed by atoms with van der Waals surface area (Å²) < 4.78 is 5.20. The molecule has 8 nitrogen and oxygen atoms in total. The standard InChI is InChI=1S/C20H20N4O4/c1-20-10-9-17(26)24(20)14-7-4-3-6-13(14)19(27)23(20)12-16(25)22-18-15(28-2)8-5-11-21-18/h3-8,11H,9-10,12H2,1-2H3,(H,21,22,25). The van der Waals surface area contributed by atoms with Crippen LogP contribution in [0.1, 0.15) is 30.1 Å². The van der Waals surface area contributed by atoms with Crippen LogP contribution >= 0.6 is 0 Å². The lowest BCUT2D eigenvalue weighted by atomic mass is 9.98. The average molecular weight is 380 g/mol. The number of methoxy groups -OCH3 is 1. The number of aromatic nitrogens is 1. The number of pyridine rings is 1. The Bertz CT molecular complexity index is 976. The van der Waals surface area contributed by atoms with Crippen molar-refractivity contribution in [2.24, 2.45) is 0 Å². The summed E-state index contributed by atoms with van der Waals surface area (Å²) in [5.41, 5.74) is 0.132. The van der Waals surface area contributed by atoms with E-state index in [1.807, 2.05) is 6.92 Å². The molecule has 0 bridgehead atoms. The number of para-hydroxylation sites is 1. The fourth-order valence-electron chi connectivity index (χ4n) is 3.91. The minimum absolute atomic E-state index is 0.0562. The first-order valence-electron chi connectivity index (χ1n) is 8.98. The van der Waals surface area contributed by atoms with Gasteiger partial charge in [0.05, 0.1) is 18.4 Å². The summed E-state index contributed by atoms with van der Waals surface area (Å²) in [5.74, 6) is -0.0314. The predicted octanol–water partition coefficient (Wildman–Crippen LogP) is 2.03. The Hall–Kier alpha value is -3.42. The topological polar surface area (TPSA) is 91.8 Å². The number of anilines is 2. The summed E-state index contributed by atoms with van der Waals surface area (Å²) in [6.07, 6.45) is 2.33. The molecule has 1 saturated heterocycles. The van der Waals surface area contributed by atoms with Crippen LogP contribution in [0.3, 0.4) is 0 Å². The molecule has 2 aliphatic rings. The number of carbonyl (C=O) groups is 3. The number of nitrogens with zero attached hydrogens (tertiary/aromatic N) is 3. The molecule has 3 heterocycles. The maximum Gasteiger partial charge on any atom is 0.258 e. The van der Waals surface area contributed by atoms with Crippen LogP contribution < -0.4 is 15.0 Å². The first kappa shape index (κ1) is 18.0. The third kappa shape index (κ3) is 2.69. The van der Waals surface area contributed by atoms with Crippen molar-refractivity contribution in [2.75, 3.05) is 23.9 Å². The number of hydrogen-bond donors (Lipinski definition) is 1. The second-order valence-corrected chi connectivity index (χ2v) is 6.96. The molecule has 1 N–H and O–H groups in total. The van der Waals surface area contributed by atoms with Crippen LogP contribution in [0.2, 0.25) is 0 Å². The van der Waals surface area contributed by atoms with Crippen LogP contribution in [0.5, 0.6) is 5.75 Å². The van der Waals surface area contributed by atoms with Crippen molar-refractivity contribution < 1.29 is 19.1 Å². The molecule has 1 fully saturated rings. The SMILES string of the molecule is COc1cccnc1NC(=O)CN1C(=O)c2ccccc2N2C(=O)CCC12C. The predicted molar refractivity (Wildman–Crippen MR) is 102 cm³/mol. The molecule has 0 aliphatic carbocycles. The number of benzene rings is 1. The normalized spacial score (nSPS) is 20.6. The van der Waals surface area contributed by atoms with Gasteiger partial charge in [0, 0.05) is 12.6 Å². The van der Waals surface area contributed by atoms with Gasteiger partial charge < -0.3 is 15.0 Å². The summed E-state index contributed by atoms with van der Waals surface area (Å²) in [6, 6.07) is 10.4. The van der Waals surface area contributed by atoms with E-state index in [4.69, 9.17) is 4.74 Å². The van der Waals surface area contributed by atoms with E-state index in [0.29, 0.717) is 29.8 Å². The lowest BCUT2D eigenvalue weighted by Gasteiger charge is -2.48. The third-order valence-corrected chi connectivity index (χ3v) is 5.30. The summed E-state index contributed by atoms with van der Waals surface area (Å²) >= 11 is 0. The molecular weight excluding hydrogens is 360 g/mol. The highest BCUT2D eigenvalue weighted by Crippen LogP contribution is 2.43. The zero-order valence-electron chi connectivity index (χ0n) is 15.6. The molecule has 28 heavy (non-hydrogen) atoms. The molecule has 0 spiro atoms. The fourth-order valence-corrected chi connectivity index (χ4v) is 3.91. The lowest BCUT2D eigenvalue weighted by molar-refractivity contribution is -0.120. The molecule has 0 saturated carbocycles. The van der Waals surface area contributed by atoms with Crippen LogP contribution in [-0.4, -0.2) is 46.9 Å². The van der Waals surface area contributed by atoms with Gasteiger partial charge in [-0.15, -0.1) is 0 Å². The Morgan fingerprint density at radius 1 is 1.25 bits per heavy atom. The third-order valence-electron chi connectivity index (χ3n) is 5.30. The highest BCUT2D eigenvalue weighted by Gasteiger charge is 2.53. The number of fused-ring (bicyclic) bond motifs is 3. The largest absolute Gasteiger partial charge is 0.493 e. The molecule has 144 valence electrons. The zero-order valence-corrected chi connectivity index (χ0v) is 15.6. The Morgan fingerprint density at radius 2 is 2.04 bits per heavy atom. The van der Waals surface area contributed by atoms with Gasteiger partial charge in [0.1, 0.15) is 12.2 Å². The highest BCUT2D eigenvalue weighted by molar-refractivity contribution is 6.11. The molecule has 1 atom stereocenters. The Balaban J connectivity index is 1.65. The van der Waals surface area contributed by atoms with Crippen LogP contribution in [0.25, 0.3) is 0 Å². The van der Waals surface area contributed by atoms with Crippen molar-refractivity contribution in [1.82, 2.24) is 9.88 Å². The van der Waals surface area contributed by atoms with E-state index in [-0.39, 0.29) is 24.2 Å². The van der Waals surface area contributed by atoms with E-state index in [1.54, 1.807) is 47.5 Å². The molecule has 1 aromatic heterocycles. The van der Waals surface area contributed by atoms with Crippen molar-refractivity contribution in [3.63, 3.8) is 0 Å². The Labute approximate surface area is 162 Å². The van der Waals surface area contributed by atoms with Gasteiger partial charge >= 0.3 is 0 Å². The fraction of sp³-hybridized carbons (Fsp3) is 0.300. The summed E-state index contributed by atoms with van der Waals surface area (Å²) in [5, 5.41) is 2.69.